The molecule has 2 aromatic carbocycles. The van der Waals surface area contributed by atoms with Crippen LogP contribution < -0.4 is 0 Å². The van der Waals surface area contributed by atoms with E-state index in [4.69, 9.17) is 10.7 Å². The van der Waals surface area contributed by atoms with Gasteiger partial charge in [0.2, 0.25) is 10.0 Å². The molecule has 14 heteroatoms. The molecule has 0 saturated carbocycles. The maximum absolute atomic E-state index is 11.6. The van der Waals surface area contributed by atoms with Gasteiger partial charge in [0, 0.05) is 49.0 Å². The van der Waals surface area contributed by atoms with Crippen molar-refractivity contribution < 1.29 is 26.7 Å². The summed E-state index contributed by atoms with van der Waals surface area (Å²) in [5.74, 6) is 0. The standard InChI is InChI=1S/C8H10N2O4S.C6H4ClNO4S/c1-9(2)15(13,14)8-5-3-4-7(6-8)10(11)12;7-13(11,12)6-3-1-2-5(4-6)8(9)10/h3-6H,1-2H3;1-4H. The summed E-state index contributed by atoms with van der Waals surface area (Å²) in [5, 5.41) is 20.7. The summed E-state index contributed by atoms with van der Waals surface area (Å²) in [6.45, 7) is 0. The molecule has 2 rings (SSSR count). The smallest absolute Gasteiger partial charge is 0.258 e. The quantitative estimate of drug-likeness (QED) is 0.380. The molecular formula is C14H14ClN3O8S2. The van der Waals surface area contributed by atoms with E-state index in [1.807, 2.05) is 0 Å². The maximum Gasteiger partial charge on any atom is 0.270 e. The molecule has 0 aliphatic carbocycles. The number of benzene rings is 2. The van der Waals surface area contributed by atoms with Gasteiger partial charge in [-0.1, -0.05) is 12.1 Å². The summed E-state index contributed by atoms with van der Waals surface area (Å²) >= 11 is 0. The van der Waals surface area contributed by atoms with Gasteiger partial charge in [0.15, 0.2) is 0 Å². The van der Waals surface area contributed by atoms with Crippen LogP contribution in [0.1, 0.15) is 0 Å². The van der Waals surface area contributed by atoms with Gasteiger partial charge in [-0.2, -0.15) is 0 Å². The molecule has 0 aliphatic rings. The third kappa shape index (κ3) is 6.23. The summed E-state index contributed by atoms with van der Waals surface area (Å²) in [7, 11) is 0.228. The lowest BCUT2D eigenvalue weighted by atomic mass is 10.3. The predicted octanol–water partition coefficient (Wildman–Crippen LogP) is 2.37. The Morgan fingerprint density at radius 2 is 1.21 bits per heavy atom. The summed E-state index contributed by atoms with van der Waals surface area (Å²) in [5.41, 5.74) is -0.542. The molecule has 0 fully saturated rings. The van der Waals surface area contributed by atoms with Crippen LogP contribution in [0.2, 0.25) is 0 Å². The molecule has 0 aliphatic heterocycles. The molecule has 0 N–H and O–H groups in total. The third-order valence-corrected chi connectivity index (χ3v) is 6.28. The molecule has 0 unspecified atom stereocenters. The van der Waals surface area contributed by atoms with Crippen molar-refractivity contribution in [2.45, 2.75) is 9.79 Å². The Balaban J connectivity index is 0.000000283. The molecule has 28 heavy (non-hydrogen) atoms. The van der Waals surface area contributed by atoms with E-state index in [0.717, 1.165) is 16.4 Å². The second kappa shape index (κ2) is 9.05. The van der Waals surface area contributed by atoms with Crippen LogP contribution in [0.5, 0.6) is 0 Å². The molecule has 0 radical (unpaired) electrons. The van der Waals surface area contributed by atoms with E-state index in [2.05, 4.69) is 0 Å². The highest BCUT2D eigenvalue weighted by molar-refractivity contribution is 8.13. The summed E-state index contributed by atoms with van der Waals surface area (Å²) in [4.78, 5) is 19.0. The Morgan fingerprint density at radius 1 is 0.821 bits per heavy atom. The Morgan fingerprint density at radius 3 is 1.57 bits per heavy atom. The highest BCUT2D eigenvalue weighted by atomic mass is 35.7. The largest absolute Gasteiger partial charge is 0.270 e. The normalized spacial score (nSPS) is 11.4. The Kier molecular flexibility index (Phi) is 7.58. The summed E-state index contributed by atoms with van der Waals surface area (Å²) in [6.07, 6.45) is 0. The van der Waals surface area contributed by atoms with Crippen LogP contribution in [-0.4, -0.2) is 45.1 Å². The fourth-order valence-electron chi connectivity index (χ4n) is 1.72. The van der Waals surface area contributed by atoms with E-state index >= 15 is 0 Å². The molecule has 11 nitrogen and oxygen atoms in total. The van der Waals surface area contributed by atoms with E-state index in [-0.39, 0.29) is 21.2 Å². The van der Waals surface area contributed by atoms with Crippen molar-refractivity contribution in [3.05, 3.63) is 68.8 Å². The van der Waals surface area contributed by atoms with Crippen LogP contribution in [0.3, 0.4) is 0 Å². The van der Waals surface area contributed by atoms with Crippen molar-refractivity contribution in [2.24, 2.45) is 0 Å². The van der Waals surface area contributed by atoms with Crippen LogP contribution >= 0.6 is 10.7 Å². The summed E-state index contributed by atoms with van der Waals surface area (Å²) in [6, 6.07) is 9.48. The van der Waals surface area contributed by atoms with Crippen molar-refractivity contribution in [2.75, 3.05) is 14.1 Å². The Bertz CT molecular complexity index is 1100. The van der Waals surface area contributed by atoms with Gasteiger partial charge in [0.25, 0.3) is 20.4 Å². The zero-order valence-electron chi connectivity index (χ0n) is 14.4. The molecular weight excluding hydrogens is 438 g/mol. The topological polar surface area (TPSA) is 158 Å². The fraction of sp³-hybridized carbons (Fsp3) is 0.143. The SMILES string of the molecule is CN(C)S(=O)(=O)c1cccc([N+](=O)[O-])c1.O=[N+]([O-])c1cccc(S(=O)(=O)Cl)c1. The minimum absolute atomic E-state index is 0.0818. The first-order chi connectivity index (χ1) is 12.8. The Labute approximate surface area is 164 Å². The first-order valence-corrected chi connectivity index (χ1v) is 10.9. The van der Waals surface area contributed by atoms with Crippen LogP contribution in [0.4, 0.5) is 11.4 Å². The van der Waals surface area contributed by atoms with Crippen molar-refractivity contribution >= 4 is 41.1 Å². The number of hydrogen-bond acceptors (Lipinski definition) is 8. The van der Waals surface area contributed by atoms with Crippen LogP contribution in [-0.2, 0) is 19.1 Å². The first-order valence-electron chi connectivity index (χ1n) is 7.13. The Hall–Kier alpha value is -2.61. The van der Waals surface area contributed by atoms with Gasteiger partial charge in [-0.25, -0.2) is 21.1 Å². The monoisotopic (exact) mass is 451 g/mol. The van der Waals surface area contributed by atoms with Crippen molar-refractivity contribution in [3.8, 4) is 0 Å². The molecule has 0 atom stereocenters. The average molecular weight is 452 g/mol. The van der Waals surface area contributed by atoms with Crippen LogP contribution in [0.15, 0.2) is 58.3 Å². The van der Waals surface area contributed by atoms with Crippen molar-refractivity contribution in [1.29, 1.82) is 0 Å². The van der Waals surface area contributed by atoms with E-state index in [0.29, 0.717) is 0 Å². The minimum Gasteiger partial charge on any atom is -0.258 e. The van der Waals surface area contributed by atoms with Gasteiger partial charge in [-0.3, -0.25) is 20.2 Å². The molecule has 0 bridgehead atoms. The number of sulfonamides is 1. The number of nitrogens with zero attached hydrogens (tertiary/aromatic N) is 3. The molecule has 0 heterocycles. The highest BCUT2D eigenvalue weighted by Crippen LogP contribution is 2.20. The second-order valence-corrected chi connectivity index (χ2v) is 9.95. The lowest BCUT2D eigenvalue weighted by Gasteiger charge is -2.10. The number of nitro groups is 2. The van der Waals surface area contributed by atoms with Gasteiger partial charge >= 0.3 is 0 Å². The average Bonchev–Trinajstić information content (AvgIpc) is 2.61. The van der Waals surface area contributed by atoms with E-state index in [1.54, 1.807) is 0 Å². The van der Waals surface area contributed by atoms with E-state index < -0.39 is 28.9 Å². The third-order valence-electron chi connectivity index (χ3n) is 3.12. The van der Waals surface area contributed by atoms with Crippen molar-refractivity contribution in [1.82, 2.24) is 4.31 Å². The molecule has 152 valence electrons. The van der Waals surface area contributed by atoms with Gasteiger partial charge in [-0.15, -0.1) is 0 Å². The van der Waals surface area contributed by atoms with Gasteiger partial charge in [0.1, 0.15) is 0 Å². The van der Waals surface area contributed by atoms with Gasteiger partial charge in [0.05, 0.1) is 19.6 Å². The second-order valence-electron chi connectivity index (χ2n) is 5.23. The molecule has 2 aromatic rings. The lowest BCUT2D eigenvalue weighted by molar-refractivity contribution is -0.385. The first kappa shape index (κ1) is 23.4. The predicted molar refractivity (Wildman–Crippen MR) is 100 cm³/mol. The van der Waals surface area contributed by atoms with Gasteiger partial charge < -0.3 is 0 Å². The molecule has 0 saturated heterocycles. The molecule has 0 aromatic heterocycles. The van der Waals surface area contributed by atoms with Crippen molar-refractivity contribution in [3.63, 3.8) is 0 Å². The highest BCUT2D eigenvalue weighted by Gasteiger charge is 2.19. The number of non-ortho nitro benzene ring substituents is 2. The lowest BCUT2D eigenvalue weighted by Crippen LogP contribution is -2.22. The molecule has 0 spiro atoms. The minimum atomic E-state index is -3.89. The van der Waals surface area contributed by atoms with E-state index in [9.17, 15) is 37.1 Å². The number of halogens is 1. The maximum atomic E-state index is 11.6. The van der Waals surface area contributed by atoms with Crippen LogP contribution in [0, 0.1) is 20.2 Å². The zero-order chi connectivity index (χ0) is 21.7. The number of hydrogen-bond donors (Lipinski definition) is 0. The van der Waals surface area contributed by atoms with E-state index in [1.165, 1.54) is 50.5 Å². The number of nitro benzene ring substituents is 2. The van der Waals surface area contributed by atoms with Crippen LogP contribution in [0.25, 0.3) is 0 Å². The number of rotatable bonds is 5. The fourth-order valence-corrected chi connectivity index (χ4v) is 3.45. The molecule has 0 amide bonds. The zero-order valence-corrected chi connectivity index (χ0v) is 16.8. The summed E-state index contributed by atoms with van der Waals surface area (Å²) < 4.78 is 45.7. The van der Waals surface area contributed by atoms with Gasteiger partial charge in [-0.05, 0) is 12.1 Å².